The third kappa shape index (κ3) is 4.55. The summed E-state index contributed by atoms with van der Waals surface area (Å²) in [6.07, 6.45) is 2.11. The van der Waals surface area contributed by atoms with Gasteiger partial charge in [0.2, 0.25) is 5.13 Å². The molecule has 0 fully saturated rings. The van der Waals surface area contributed by atoms with Crippen LogP contribution in [0.2, 0.25) is 5.02 Å². The third-order valence-electron chi connectivity index (χ3n) is 4.05. The van der Waals surface area contributed by atoms with Crippen LogP contribution in [0.5, 0.6) is 0 Å². The maximum Gasteiger partial charge on any atom is 0.269 e. The number of thioether (sulfide) groups is 1. The van der Waals surface area contributed by atoms with E-state index in [1.807, 2.05) is 30.3 Å². The van der Waals surface area contributed by atoms with E-state index in [0.29, 0.717) is 15.0 Å². The SMILES string of the molecule is O=C(Nc1nnc(SCCCc2ccccc2)s1)c1sc2ccccc2c1Cl. The molecule has 0 unspecified atom stereocenters. The summed E-state index contributed by atoms with van der Waals surface area (Å²) in [5.74, 6) is 0.711. The Hall–Kier alpha value is -1.93. The first-order valence-corrected chi connectivity index (χ1v) is 11.7. The van der Waals surface area contributed by atoms with Gasteiger partial charge in [-0.3, -0.25) is 10.1 Å². The molecule has 0 radical (unpaired) electrons. The van der Waals surface area contributed by atoms with Gasteiger partial charge in [0, 0.05) is 15.8 Å². The number of fused-ring (bicyclic) bond motifs is 1. The van der Waals surface area contributed by atoms with Crippen LogP contribution in [0.4, 0.5) is 5.13 Å². The van der Waals surface area contributed by atoms with Crippen molar-refractivity contribution in [2.45, 2.75) is 17.2 Å². The minimum Gasteiger partial charge on any atom is -0.296 e. The maximum atomic E-state index is 12.6. The van der Waals surface area contributed by atoms with Crippen LogP contribution < -0.4 is 5.32 Å². The Labute approximate surface area is 180 Å². The van der Waals surface area contributed by atoms with E-state index in [9.17, 15) is 4.79 Å². The van der Waals surface area contributed by atoms with Crippen LogP contribution in [0.25, 0.3) is 10.1 Å². The topological polar surface area (TPSA) is 54.9 Å². The lowest BCUT2D eigenvalue weighted by Crippen LogP contribution is -2.10. The summed E-state index contributed by atoms with van der Waals surface area (Å²) in [7, 11) is 0. The monoisotopic (exact) mass is 445 g/mol. The predicted molar refractivity (Wildman–Crippen MR) is 120 cm³/mol. The average Bonchev–Trinajstić information content (AvgIpc) is 3.30. The molecular weight excluding hydrogens is 430 g/mol. The number of thiophene rings is 1. The number of anilines is 1. The van der Waals surface area contributed by atoms with Gasteiger partial charge in [-0.05, 0) is 24.5 Å². The zero-order valence-corrected chi connectivity index (χ0v) is 17.9. The molecular formula is C20H16ClN3OS3. The molecule has 2 heterocycles. The highest BCUT2D eigenvalue weighted by molar-refractivity contribution is 8.01. The highest BCUT2D eigenvalue weighted by atomic mass is 35.5. The fourth-order valence-electron chi connectivity index (χ4n) is 2.71. The first-order chi connectivity index (χ1) is 13.7. The summed E-state index contributed by atoms with van der Waals surface area (Å²) in [5.41, 5.74) is 1.34. The molecule has 4 aromatic rings. The summed E-state index contributed by atoms with van der Waals surface area (Å²) in [6, 6.07) is 18.2. The van der Waals surface area contributed by atoms with E-state index in [0.717, 1.165) is 33.0 Å². The number of nitrogens with one attached hydrogen (secondary N) is 1. The predicted octanol–water partition coefficient (Wildman–Crippen LogP) is 6.38. The van der Waals surface area contributed by atoms with Gasteiger partial charge in [0.15, 0.2) is 4.34 Å². The Balaban J connectivity index is 1.32. The Morgan fingerprint density at radius 3 is 2.64 bits per heavy atom. The molecule has 1 N–H and O–H groups in total. The average molecular weight is 446 g/mol. The largest absolute Gasteiger partial charge is 0.296 e. The molecule has 0 bridgehead atoms. The zero-order chi connectivity index (χ0) is 19.3. The lowest BCUT2D eigenvalue weighted by molar-refractivity contribution is 0.103. The summed E-state index contributed by atoms with van der Waals surface area (Å²) >= 11 is 10.8. The van der Waals surface area contributed by atoms with Crippen LogP contribution in [0.1, 0.15) is 21.7 Å². The second kappa shape index (κ2) is 9.05. The fourth-order valence-corrected chi connectivity index (χ4v) is 5.88. The fraction of sp³-hybridized carbons (Fsp3) is 0.150. The number of carbonyl (C=O) groups excluding carboxylic acids is 1. The van der Waals surface area contributed by atoms with Crippen LogP contribution in [0.15, 0.2) is 58.9 Å². The number of carbonyl (C=O) groups is 1. The Bertz CT molecular complexity index is 1090. The van der Waals surface area contributed by atoms with Crippen molar-refractivity contribution in [3.63, 3.8) is 0 Å². The molecule has 0 spiro atoms. The molecule has 0 aliphatic heterocycles. The number of rotatable bonds is 7. The normalized spacial score (nSPS) is 11.0. The van der Waals surface area contributed by atoms with Crippen LogP contribution in [-0.2, 0) is 6.42 Å². The third-order valence-corrected chi connectivity index (χ3v) is 7.78. The van der Waals surface area contributed by atoms with E-state index >= 15 is 0 Å². The van der Waals surface area contributed by atoms with E-state index < -0.39 is 0 Å². The second-order valence-corrected chi connectivity index (χ2v) is 9.76. The molecule has 0 saturated carbocycles. The van der Waals surface area contributed by atoms with Crippen molar-refractivity contribution in [1.82, 2.24) is 10.2 Å². The molecule has 1 amide bonds. The van der Waals surface area contributed by atoms with Crippen molar-refractivity contribution in [2.24, 2.45) is 0 Å². The Morgan fingerprint density at radius 2 is 1.82 bits per heavy atom. The number of halogens is 1. The van der Waals surface area contributed by atoms with Crippen LogP contribution in [-0.4, -0.2) is 21.9 Å². The number of hydrogen-bond acceptors (Lipinski definition) is 6. The number of aryl methyl sites for hydroxylation is 1. The molecule has 0 saturated heterocycles. The van der Waals surface area contributed by atoms with Crippen molar-refractivity contribution in [2.75, 3.05) is 11.1 Å². The minimum absolute atomic E-state index is 0.247. The molecule has 142 valence electrons. The second-order valence-electron chi connectivity index (χ2n) is 6.01. The summed E-state index contributed by atoms with van der Waals surface area (Å²) in [5, 5.41) is 12.9. The van der Waals surface area contributed by atoms with Gasteiger partial charge in [-0.1, -0.05) is 83.2 Å². The van der Waals surface area contributed by atoms with Crippen molar-refractivity contribution < 1.29 is 4.79 Å². The molecule has 28 heavy (non-hydrogen) atoms. The zero-order valence-electron chi connectivity index (χ0n) is 14.7. The highest BCUT2D eigenvalue weighted by Gasteiger charge is 2.18. The van der Waals surface area contributed by atoms with Crippen LogP contribution >= 0.6 is 46.0 Å². The van der Waals surface area contributed by atoms with Gasteiger partial charge in [-0.2, -0.15) is 0 Å². The van der Waals surface area contributed by atoms with E-state index in [4.69, 9.17) is 11.6 Å². The molecule has 0 atom stereocenters. The molecule has 0 aliphatic carbocycles. The highest BCUT2D eigenvalue weighted by Crippen LogP contribution is 2.36. The number of benzene rings is 2. The number of amides is 1. The molecule has 2 aromatic heterocycles. The molecule has 8 heteroatoms. The van der Waals surface area contributed by atoms with Gasteiger partial charge >= 0.3 is 0 Å². The smallest absolute Gasteiger partial charge is 0.269 e. The van der Waals surface area contributed by atoms with Gasteiger partial charge in [-0.25, -0.2) is 0 Å². The van der Waals surface area contributed by atoms with Crippen molar-refractivity contribution in [3.8, 4) is 0 Å². The van der Waals surface area contributed by atoms with Gasteiger partial charge in [0.25, 0.3) is 5.91 Å². The molecule has 0 aliphatic rings. The van der Waals surface area contributed by atoms with Gasteiger partial charge in [0.05, 0.1) is 5.02 Å². The van der Waals surface area contributed by atoms with E-state index in [2.05, 4.69) is 39.8 Å². The summed E-state index contributed by atoms with van der Waals surface area (Å²) < 4.78 is 1.84. The van der Waals surface area contributed by atoms with Crippen LogP contribution in [0, 0.1) is 0 Å². The van der Waals surface area contributed by atoms with Gasteiger partial charge < -0.3 is 0 Å². The quantitative estimate of drug-likeness (QED) is 0.203. The molecule has 4 nitrogen and oxygen atoms in total. The lowest BCUT2D eigenvalue weighted by Gasteiger charge is -1.99. The lowest BCUT2D eigenvalue weighted by atomic mass is 10.1. The summed E-state index contributed by atoms with van der Waals surface area (Å²) in [4.78, 5) is 13.1. The van der Waals surface area contributed by atoms with E-state index in [-0.39, 0.29) is 5.91 Å². The van der Waals surface area contributed by atoms with Crippen molar-refractivity contribution in [1.29, 1.82) is 0 Å². The van der Waals surface area contributed by atoms with Gasteiger partial charge in [-0.15, -0.1) is 21.5 Å². The van der Waals surface area contributed by atoms with Crippen LogP contribution in [0.3, 0.4) is 0 Å². The number of aromatic nitrogens is 2. The number of hydrogen-bond donors (Lipinski definition) is 1. The Morgan fingerprint density at radius 1 is 1.04 bits per heavy atom. The first-order valence-electron chi connectivity index (χ1n) is 8.69. The van der Waals surface area contributed by atoms with Crippen molar-refractivity contribution in [3.05, 3.63) is 70.1 Å². The Kier molecular flexibility index (Phi) is 6.26. The first kappa shape index (κ1) is 19.4. The minimum atomic E-state index is -0.247. The van der Waals surface area contributed by atoms with E-state index in [1.165, 1.54) is 28.2 Å². The summed E-state index contributed by atoms with van der Waals surface area (Å²) in [6.45, 7) is 0. The standard InChI is InChI=1S/C20H16ClN3OS3/c21-16-14-10-4-5-11-15(14)27-17(16)18(25)22-19-23-24-20(28-19)26-12-6-9-13-7-2-1-3-8-13/h1-5,7-8,10-11H,6,9,12H2,(H,22,23,25). The van der Waals surface area contributed by atoms with E-state index in [1.54, 1.807) is 11.8 Å². The number of nitrogens with zero attached hydrogens (tertiary/aromatic N) is 2. The molecule has 4 rings (SSSR count). The van der Waals surface area contributed by atoms with Gasteiger partial charge in [0.1, 0.15) is 4.88 Å². The van der Waals surface area contributed by atoms with Crippen molar-refractivity contribution >= 4 is 67.2 Å². The molecule has 2 aromatic carbocycles. The maximum absolute atomic E-state index is 12.6.